The van der Waals surface area contributed by atoms with Crippen molar-refractivity contribution in [3.63, 3.8) is 0 Å². The summed E-state index contributed by atoms with van der Waals surface area (Å²) in [5, 5.41) is 13.1. The van der Waals surface area contributed by atoms with Crippen LogP contribution in [-0.4, -0.2) is 80.5 Å². The lowest BCUT2D eigenvalue weighted by Gasteiger charge is -2.30. The van der Waals surface area contributed by atoms with Gasteiger partial charge in [0, 0.05) is 39.7 Å². The van der Waals surface area contributed by atoms with Crippen LogP contribution >= 0.6 is 0 Å². The normalized spacial score (nSPS) is 24.1. The molecule has 0 bridgehead atoms. The highest BCUT2D eigenvalue weighted by molar-refractivity contribution is 5.77. The number of β-amino-alcohol motifs (C(OH)–C–C–N with tert-alkyl or cyclic N) is 1. The first-order valence-corrected chi connectivity index (χ1v) is 6.51. The number of aliphatic hydroxyl groups is 1. The maximum absolute atomic E-state index is 11.3. The lowest BCUT2D eigenvalue weighted by atomic mass is 10.0. The third kappa shape index (κ3) is 6.29. The van der Waals surface area contributed by atoms with Crippen LogP contribution in [-0.2, 0) is 19.1 Å². The second-order valence-electron chi connectivity index (χ2n) is 4.98. The first kappa shape index (κ1) is 16.8. The van der Waals surface area contributed by atoms with Crippen molar-refractivity contribution in [1.29, 1.82) is 0 Å². The lowest BCUT2D eigenvalue weighted by molar-refractivity contribution is -0.126. The molecule has 1 aliphatic rings. The topological polar surface area (TPSA) is 114 Å². The first-order valence-electron chi connectivity index (χ1n) is 6.51. The molecule has 0 aromatic heterocycles. The number of nitrogens with two attached hydrogens (primary N) is 1. The first-order chi connectivity index (χ1) is 9.45. The van der Waals surface area contributed by atoms with Gasteiger partial charge in [-0.2, -0.15) is 0 Å². The Morgan fingerprint density at radius 1 is 1.55 bits per heavy atom. The predicted molar refractivity (Wildman–Crippen MR) is 70.9 cm³/mol. The van der Waals surface area contributed by atoms with Gasteiger partial charge in [-0.15, -0.1) is 0 Å². The molecule has 1 saturated heterocycles. The van der Waals surface area contributed by atoms with Gasteiger partial charge >= 0.3 is 0 Å². The van der Waals surface area contributed by atoms with E-state index in [1.54, 1.807) is 0 Å². The lowest BCUT2D eigenvalue weighted by Crippen LogP contribution is -2.53. The molecule has 116 valence electrons. The Labute approximate surface area is 118 Å². The molecule has 4 N–H and O–H groups in total. The number of amides is 2. The zero-order valence-electron chi connectivity index (χ0n) is 11.8. The van der Waals surface area contributed by atoms with Crippen molar-refractivity contribution in [2.75, 3.05) is 53.1 Å². The summed E-state index contributed by atoms with van der Waals surface area (Å²) in [5.41, 5.74) is 3.93. The number of carbonyl (C=O) groups excluding carboxylic acids is 2. The summed E-state index contributed by atoms with van der Waals surface area (Å²) in [6, 6.07) is 0. The Hall–Kier alpha value is -1.22. The van der Waals surface area contributed by atoms with Crippen LogP contribution in [0.3, 0.4) is 0 Å². The minimum absolute atomic E-state index is 0.0532. The fourth-order valence-electron chi connectivity index (χ4n) is 2.01. The number of carbonyl (C=O) groups is 2. The Balaban J connectivity index is 2.48. The number of nitrogens with zero attached hydrogens (tertiary/aromatic N) is 1. The Morgan fingerprint density at radius 3 is 2.95 bits per heavy atom. The molecule has 0 radical (unpaired) electrons. The summed E-state index contributed by atoms with van der Waals surface area (Å²) in [4.78, 5) is 24.1. The maximum Gasteiger partial charge on any atom is 0.246 e. The number of nitrogens with one attached hydrogen (secondary N) is 1. The van der Waals surface area contributed by atoms with Crippen molar-refractivity contribution < 1.29 is 24.2 Å². The standard InChI is InChI=1S/C12H23N3O5/c1-19-6-11(17)14-7-12(18)8-15(3-2-10(13)16)4-5-20-9-12/h18H,2-9H2,1H3,(H2,13,16)(H,14,17)/t12-/m1/s1. The highest BCUT2D eigenvalue weighted by Crippen LogP contribution is 2.12. The van der Waals surface area contributed by atoms with Crippen LogP contribution in [0.1, 0.15) is 6.42 Å². The van der Waals surface area contributed by atoms with E-state index in [2.05, 4.69) is 5.32 Å². The molecule has 1 atom stereocenters. The maximum atomic E-state index is 11.3. The molecule has 1 aliphatic heterocycles. The van der Waals surface area contributed by atoms with Crippen LogP contribution in [0.2, 0.25) is 0 Å². The van der Waals surface area contributed by atoms with E-state index in [1.807, 2.05) is 4.90 Å². The van der Waals surface area contributed by atoms with E-state index in [9.17, 15) is 14.7 Å². The molecule has 8 heteroatoms. The van der Waals surface area contributed by atoms with Crippen molar-refractivity contribution in [1.82, 2.24) is 10.2 Å². The Kier molecular flexibility index (Phi) is 6.86. The highest BCUT2D eigenvalue weighted by atomic mass is 16.5. The molecule has 1 rings (SSSR count). The molecular weight excluding hydrogens is 266 g/mol. The second-order valence-corrected chi connectivity index (χ2v) is 4.98. The van der Waals surface area contributed by atoms with Crippen molar-refractivity contribution in [3.05, 3.63) is 0 Å². The third-order valence-electron chi connectivity index (χ3n) is 3.00. The molecule has 0 saturated carbocycles. The molecule has 2 amide bonds. The number of primary amides is 1. The van der Waals surface area contributed by atoms with Gasteiger partial charge in [-0.05, 0) is 0 Å². The van der Waals surface area contributed by atoms with E-state index in [-0.39, 0.29) is 38.0 Å². The summed E-state index contributed by atoms with van der Waals surface area (Å²) in [6.07, 6.45) is 0.228. The van der Waals surface area contributed by atoms with Crippen molar-refractivity contribution in [3.8, 4) is 0 Å². The number of rotatable bonds is 7. The Bertz CT molecular complexity index is 339. The van der Waals surface area contributed by atoms with Crippen LogP contribution < -0.4 is 11.1 Å². The van der Waals surface area contributed by atoms with Gasteiger partial charge in [0.25, 0.3) is 0 Å². The van der Waals surface area contributed by atoms with Gasteiger partial charge in [0.15, 0.2) is 0 Å². The van der Waals surface area contributed by atoms with Crippen LogP contribution in [0.5, 0.6) is 0 Å². The molecule has 0 spiro atoms. The quantitative estimate of drug-likeness (QED) is 0.485. The van der Waals surface area contributed by atoms with Gasteiger partial charge in [0.2, 0.25) is 11.8 Å². The zero-order valence-corrected chi connectivity index (χ0v) is 11.8. The van der Waals surface area contributed by atoms with E-state index in [4.69, 9.17) is 15.2 Å². The third-order valence-corrected chi connectivity index (χ3v) is 3.00. The van der Waals surface area contributed by atoms with E-state index < -0.39 is 5.60 Å². The van der Waals surface area contributed by atoms with Crippen LogP contribution in [0, 0.1) is 0 Å². The Morgan fingerprint density at radius 2 is 2.30 bits per heavy atom. The smallest absolute Gasteiger partial charge is 0.246 e. The molecule has 0 aromatic rings. The summed E-state index contributed by atoms with van der Waals surface area (Å²) < 4.78 is 10.0. The fraction of sp³-hybridized carbons (Fsp3) is 0.833. The van der Waals surface area contributed by atoms with Gasteiger partial charge in [-0.3, -0.25) is 14.5 Å². The van der Waals surface area contributed by atoms with E-state index in [0.29, 0.717) is 26.2 Å². The van der Waals surface area contributed by atoms with Gasteiger partial charge in [-0.1, -0.05) is 0 Å². The predicted octanol–water partition coefficient (Wildman–Crippen LogP) is -2.31. The fourth-order valence-corrected chi connectivity index (χ4v) is 2.01. The SMILES string of the molecule is COCC(=O)NC[C@]1(O)COCCN(CCC(N)=O)C1. The second kappa shape index (κ2) is 8.15. The van der Waals surface area contributed by atoms with Crippen molar-refractivity contribution in [2.45, 2.75) is 12.0 Å². The highest BCUT2D eigenvalue weighted by Gasteiger charge is 2.32. The van der Waals surface area contributed by atoms with Gasteiger partial charge in [-0.25, -0.2) is 0 Å². The van der Waals surface area contributed by atoms with E-state index in [0.717, 1.165) is 0 Å². The number of methoxy groups -OCH3 is 1. The summed E-state index contributed by atoms with van der Waals surface area (Å²) in [5.74, 6) is -0.680. The molecule has 0 aliphatic carbocycles. The average Bonchev–Trinajstić information content (AvgIpc) is 2.57. The minimum atomic E-state index is -1.18. The van der Waals surface area contributed by atoms with E-state index >= 15 is 0 Å². The molecule has 1 fully saturated rings. The monoisotopic (exact) mass is 289 g/mol. The van der Waals surface area contributed by atoms with Crippen LogP contribution in [0.4, 0.5) is 0 Å². The van der Waals surface area contributed by atoms with Gasteiger partial charge < -0.3 is 25.6 Å². The summed E-state index contributed by atoms with van der Waals surface area (Å²) in [7, 11) is 1.43. The molecule has 0 aromatic carbocycles. The number of hydrogen-bond acceptors (Lipinski definition) is 6. The summed E-state index contributed by atoms with van der Waals surface area (Å²) >= 11 is 0. The van der Waals surface area contributed by atoms with Crippen LogP contribution in [0.25, 0.3) is 0 Å². The minimum Gasteiger partial charge on any atom is -0.384 e. The van der Waals surface area contributed by atoms with E-state index in [1.165, 1.54) is 7.11 Å². The largest absolute Gasteiger partial charge is 0.384 e. The van der Waals surface area contributed by atoms with Crippen molar-refractivity contribution in [2.24, 2.45) is 5.73 Å². The average molecular weight is 289 g/mol. The van der Waals surface area contributed by atoms with Gasteiger partial charge in [0.1, 0.15) is 12.2 Å². The zero-order chi connectivity index (χ0) is 15.0. The molecule has 20 heavy (non-hydrogen) atoms. The summed E-state index contributed by atoms with van der Waals surface area (Å²) in [6.45, 7) is 2.01. The van der Waals surface area contributed by atoms with Crippen molar-refractivity contribution >= 4 is 11.8 Å². The molecule has 0 unspecified atom stereocenters. The molecule has 8 nitrogen and oxygen atoms in total. The molecular formula is C12H23N3O5. The van der Waals surface area contributed by atoms with Gasteiger partial charge in [0.05, 0.1) is 13.2 Å². The van der Waals surface area contributed by atoms with Crippen LogP contribution in [0.15, 0.2) is 0 Å². The number of ether oxygens (including phenoxy) is 2. The molecule has 1 heterocycles. The number of hydrogen-bond donors (Lipinski definition) is 3.